The molecule has 0 amide bonds. The molecule has 1 aromatic carbocycles. The molecular weight excluding hydrogens is 402 g/mol. The number of nitrogens with zero attached hydrogens (tertiary/aromatic N) is 5. The molecule has 2 N–H and O–H groups in total. The minimum atomic E-state index is 0.376. The molecule has 8 nitrogen and oxygen atoms in total. The van der Waals surface area contributed by atoms with E-state index in [-0.39, 0.29) is 0 Å². The molecule has 0 spiro atoms. The van der Waals surface area contributed by atoms with Crippen LogP contribution in [0.1, 0.15) is 30.7 Å². The van der Waals surface area contributed by atoms with E-state index in [4.69, 9.17) is 4.74 Å². The van der Waals surface area contributed by atoms with E-state index >= 15 is 0 Å². The number of guanidine groups is 1. The molecule has 8 heteroatoms. The van der Waals surface area contributed by atoms with Gasteiger partial charge in [-0.2, -0.15) is 0 Å². The molecule has 0 atom stereocenters. The summed E-state index contributed by atoms with van der Waals surface area (Å²) in [6, 6.07) is 16.6. The molecule has 0 bridgehead atoms. The Labute approximate surface area is 189 Å². The highest BCUT2D eigenvalue weighted by molar-refractivity contribution is 5.79. The van der Waals surface area contributed by atoms with Crippen LogP contribution in [0.15, 0.2) is 59.7 Å². The van der Waals surface area contributed by atoms with Gasteiger partial charge in [0.2, 0.25) is 0 Å². The van der Waals surface area contributed by atoms with Gasteiger partial charge in [-0.05, 0) is 37.0 Å². The lowest BCUT2D eigenvalue weighted by Gasteiger charge is -2.32. The van der Waals surface area contributed by atoms with E-state index in [9.17, 15) is 0 Å². The molecule has 32 heavy (non-hydrogen) atoms. The van der Waals surface area contributed by atoms with Gasteiger partial charge in [0.25, 0.3) is 0 Å². The number of nitrogens with one attached hydrogen (secondary N) is 2. The van der Waals surface area contributed by atoms with E-state index in [0.717, 1.165) is 69.5 Å². The summed E-state index contributed by atoms with van der Waals surface area (Å²) in [5.41, 5.74) is 2.23. The number of likely N-dealkylation sites (tertiary alicyclic amines) is 1. The number of rotatable bonds is 9. The van der Waals surface area contributed by atoms with Crippen molar-refractivity contribution < 1.29 is 4.74 Å². The van der Waals surface area contributed by atoms with E-state index in [2.05, 4.69) is 61.1 Å². The fourth-order valence-electron chi connectivity index (χ4n) is 4.00. The van der Waals surface area contributed by atoms with Crippen molar-refractivity contribution in [3.05, 3.63) is 66.1 Å². The van der Waals surface area contributed by atoms with Crippen LogP contribution in [0.2, 0.25) is 0 Å². The molecule has 0 aliphatic carbocycles. The summed E-state index contributed by atoms with van der Waals surface area (Å²) in [4.78, 5) is 6.81. The van der Waals surface area contributed by atoms with Crippen molar-refractivity contribution in [3.8, 4) is 0 Å². The second kappa shape index (κ2) is 11.6. The maximum absolute atomic E-state index is 6.12. The number of ether oxygens (including phenoxy) is 1. The van der Waals surface area contributed by atoms with Gasteiger partial charge in [0.15, 0.2) is 17.4 Å². The Morgan fingerprint density at radius 3 is 2.69 bits per heavy atom. The van der Waals surface area contributed by atoms with Crippen molar-refractivity contribution in [3.63, 3.8) is 0 Å². The van der Waals surface area contributed by atoms with Gasteiger partial charge in [0.05, 0.1) is 12.6 Å². The van der Waals surface area contributed by atoms with Crippen molar-refractivity contribution in [1.29, 1.82) is 0 Å². The first-order valence-electron chi connectivity index (χ1n) is 11.4. The van der Waals surface area contributed by atoms with E-state index in [1.165, 1.54) is 5.56 Å². The molecule has 2 aromatic heterocycles. The molecule has 0 unspecified atom stereocenters. The Morgan fingerprint density at radius 1 is 1.06 bits per heavy atom. The minimum absolute atomic E-state index is 0.376. The van der Waals surface area contributed by atoms with Gasteiger partial charge in [0, 0.05) is 46.0 Å². The summed E-state index contributed by atoms with van der Waals surface area (Å²) in [5, 5.41) is 15.1. The summed E-state index contributed by atoms with van der Waals surface area (Å²) in [6.45, 7) is 5.38. The zero-order chi connectivity index (χ0) is 22.0. The molecule has 170 valence electrons. The van der Waals surface area contributed by atoms with Gasteiger partial charge in [-0.25, -0.2) is 0 Å². The maximum Gasteiger partial charge on any atom is 0.191 e. The van der Waals surface area contributed by atoms with Crippen LogP contribution >= 0.6 is 0 Å². The first-order chi connectivity index (χ1) is 15.8. The highest BCUT2D eigenvalue weighted by Crippen LogP contribution is 2.16. The van der Waals surface area contributed by atoms with Gasteiger partial charge < -0.3 is 15.4 Å². The van der Waals surface area contributed by atoms with Gasteiger partial charge in [-0.15, -0.1) is 10.2 Å². The fourth-order valence-corrected chi connectivity index (χ4v) is 4.00. The second-order valence-electron chi connectivity index (χ2n) is 8.08. The first-order valence-corrected chi connectivity index (χ1v) is 11.4. The predicted octanol–water partition coefficient (Wildman–Crippen LogP) is 2.47. The number of benzene rings is 1. The Kier molecular flexibility index (Phi) is 8.05. The standard InChI is InChI=1S/C24H33N7O/c1-25-24(27-18-23-29-28-22-10-5-6-14-31(22)23)26-13-7-17-32-21-11-15-30(16-12-21)19-20-8-3-2-4-9-20/h2-6,8-10,14,21H,7,11-13,15-19H2,1H3,(H2,25,26,27). The van der Waals surface area contributed by atoms with Crippen LogP contribution in [-0.4, -0.2) is 64.9 Å². The van der Waals surface area contributed by atoms with Crippen LogP contribution in [0.25, 0.3) is 5.65 Å². The smallest absolute Gasteiger partial charge is 0.191 e. The number of hydrogen-bond donors (Lipinski definition) is 2. The molecule has 1 aliphatic rings. The third kappa shape index (κ3) is 6.27. The SMILES string of the molecule is CN=C(NCCCOC1CCN(Cc2ccccc2)CC1)NCc1nnc2ccccn12. The molecule has 3 aromatic rings. The number of aromatic nitrogens is 3. The van der Waals surface area contributed by atoms with Crippen molar-refractivity contribution in [2.45, 2.75) is 38.5 Å². The molecular formula is C24H33N7O. The summed E-state index contributed by atoms with van der Waals surface area (Å²) >= 11 is 0. The summed E-state index contributed by atoms with van der Waals surface area (Å²) in [6.07, 6.45) is 5.50. The van der Waals surface area contributed by atoms with Crippen LogP contribution in [0.4, 0.5) is 0 Å². The molecule has 1 saturated heterocycles. The van der Waals surface area contributed by atoms with Crippen LogP contribution in [0.3, 0.4) is 0 Å². The predicted molar refractivity (Wildman–Crippen MR) is 126 cm³/mol. The van der Waals surface area contributed by atoms with Gasteiger partial charge in [-0.1, -0.05) is 36.4 Å². The lowest BCUT2D eigenvalue weighted by molar-refractivity contribution is 0.00534. The van der Waals surface area contributed by atoms with Crippen molar-refractivity contribution in [2.24, 2.45) is 4.99 Å². The van der Waals surface area contributed by atoms with Crippen molar-refractivity contribution >= 4 is 11.6 Å². The van der Waals surface area contributed by atoms with Gasteiger partial charge in [0.1, 0.15) is 0 Å². The Bertz CT molecular complexity index is 980. The molecule has 0 radical (unpaired) electrons. The molecule has 1 fully saturated rings. The number of hydrogen-bond acceptors (Lipinski definition) is 5. The normalized spacial score (nSPS) is 15.8. The lowest BCUT2D eigenvalue weighted by atomic mass is 10.1. The first kappa shape index (κ1) is 22.2. The summed E-state index contributed by atoms with van der Waals surface area (Å²) < 4.78 is 8.09. The third-order valence-electron chi connectivity index (χ3n) is 5.77. The lowest BCUT2D eigenvalue weighted by Crippen LogP contribution is -2.38. The van der Waals surface area contributed by atoms with Crippen LogP contribution in [0.5, 0.6) is 0 Å². The molecule has 1 aliphatic heterocycles. The minimum Gasteiger partial charge on any atom is -0.378 e. The zero-order valence-electron chi connectivity index (χ0n) is 18.8. The van der Waals surface area contributed by atoms with Gasteiger partial charge >= 0.3 is 0 Å². The van der Waals surface area contributed by atoms with Crippen LogP contribution in [-0.2, 0) is 17.8 Å². The van der Waals surface area contributed by atoms with Gasteiger partial charge in [-0.3, -0.25) is 14.3 Å². The monoisotopic (exact) mass is 435 g/mol. The molecule has 4 rings (SSSR count). The van der Waals surface area contributed by atoms with E-state index in [0.29, 0.717) is 12.6 Å². The fraction of sp³-hybridized carbons (Fsp3) is 0.458. The van der Waals surface area contributed by atoms with Crippen molar-refractivity contribution in [1.82, 2.24) is 30.1 Å². The average Bonchev–Trinajstić information content (AvgIpc) is 3.26. The average molecular weight is 436 g/mol. The van der Waals surface area contributed by atoms with Crippen molar-refractivity contribution in [2.75, 3.05) is 33.3 Å². The summed E-state index contributed by atoms with van der Waals surface area (Å²) in [7, 11) is 1.77. The summed E-state index contributed by atoms with van der Waals surface area (Å²) in [5.74, 6) is 1.61. The number of pyridine rings is 1. The molecule has 3 heterocycles. The highest BCUT2D eigenvalue weighted by Gasteiger charge is 2.19. The van der Waals surface area contributed by atoms with Crippen LogP contribution < -0.4 is 10.6 Å². The largest absolute Gasteiger partial charge is 0.378 e. The molecule has 0 saturated carbocycles. The van der Waals surface area contributed by atoms with E-state index in [1.54, 1.807) is 7.05 Å². The quantitative estimate of drug-likeness (QED) is 0.305. The van der Waals surface area contributed by atoms with E-state index in [1.807, 2.05) is 28.8 Å². The zero-order valence-corrected chi connectivity index (χ0v) is 18.8. The van der Waals surface area contributed by atoms with E-state index < -0.39 is 0 Å². The Balaban J connectivity index is 1.08. The Hall–Kier alpha value is -2.97. The maximum atomic E-state index is 6.12. The topological polar surface area (TPSA) is 79.1 Å². The highest BCUT2D eigenvalue weighted by atomic mass is 16.5. The second-order valence-corrected chi connectivity index (χ2v) is 8.08. The number of piperidine rings is 1. The number of aliphatic imine (C=N–C) groups is 1. The third-order valence-corrected chi connectivity index (χ3v) is 5.77. The van der Waals surface area contributed by atoms with Crippen LogP contribution in [0, 0.1) is 0 Å². The Morgan fingerprint density at radius 2 is 1.88 bits per heavy atom. The number of fused-ring (bicyclic) bond motifs is 1.